The molecule has 0 radical (unpaired) electrons. The standard InChI is InChI=1S/C18H36O/c1-3-5-7-9-10-12-14-16-18-17(19-18)15-13-11-8-6-4-2/h17-18H,3-16H2,1-2H3. The number of ether oxygens (including phenoxy) is 1. The Balaban J connectivity index is 1.76. The van der Waals surface area contributed by atoms with Crippen molar-refractivity contribution in [3.05, 3.63) is 0 Å². The fraction of sp³-hybridized carbons (Fsp3) is 1.00. The van der Waals surface area contributed by atoms with Crippen molar-refractivity contribution in [2.75, 3.05) is 0 Å². The molecule has 0 aromatic carbocycles. The summed E-state index contributed by atoms with van der Waals surface area (Å²) in [4.78, 5) is 0. The second-order valence-corrected chi connectivity index (χ2v) is 6.33. The van der Waals surface area contributed by atoms with Crippen LogP contribution in [-0.2, 0) is 4.74 Å². The summed E-state index contributed by atoms with van der Waals surface area (Å²) < 4.78 is 5.77. The average molecular weight is 268 g/mol. The van der Waals surface area contributed by atoms with Gasteiger partial charge in [0.1, 0.15) is 0 Å². The van der Waals surface area contributed by atoms with Crippen molar-refractivity contribution < 1.29 is 4.74 Å². The molecule has 0 aromatic rings. The summed E-state index contributed by atoms with van der Waals surface area (Å²) in [6.07, 6.45) is 20.8. The lowest BCUT2D eigenvalue weighted by molar-refractivity contribution is 0.347. The zero-order valence-corrected chi connectivity index (χ0v) is 13.5. The van der Waals surface area contributed by atoms with Gasteiger partial charge in [0.05, 0.1) is 12.2 Å². The van der Waals surface area contributed by atoms with Crippen LogP contribution in [0.3, 0.4) is 0 Å². The summed E-state index contributed by atoms with van der Waals surface area (Å²) in [5, 5.41) is 0. The van der Waals surface area contributed by atoms with Gasteiger partial charge in [-0.2, -0.15) is 0 Å². The first kappa shape index (κ1) is 17.0. The molecule has 1 aliphatic rings. The molecule has 0 saturated carbocycles. The normalized spacial score (nSPS) is 21.8. The molecule has 0 N–H and O–H groups in total. The van der Waals surface area contributed by atoms with E-state index in [9.17, 15) is 0 Å². The minimum Gasteiger partial charge on any atom is -0.370 e. The largest absolute Gasteiger partial charge is 0.370 e. The maximum Gasteiger partial charge on any atom is 0.0841 e. The van der Waals surface area contributed by atoms with Crippen molar-refractivity contribution in [1.29, 1.82) is 0 Å². The lowest BCUT2D eigenvalue weighted by Gasteiger charge is -2.00. The molecular formula is C18H36O. The van der Waals surface area contributed by atoms with E-state index in [1.807, 2.05) is 0 Å². The van der Waals surface area contributed by atoms with Crippen LogP contribution in [0.4, 0.5) is 0 Å². The fourth-order valence-corrected chi connectivity index (χ4v) is 2.94. The molecule has 2 atom stereocenters. The lowest BCUT2D eigenvalue weighted by Crippen LogP contribution is -1.94. The zero-order valence-electron chi connectivity index (χ0n) is 13.5. The predicted octanol–water partition coefficient (Wildman–Crippen LogP) is 6.26. The smallest absolute Gasteiger partial charge is 0.0841 e. The number of hydrogen-bond donors (Lipinski definition) is 0. The summed E-state index contributed by atoms with van der Waals surface area (Å²) >= 11 is 0. The van der Waals surface area contributed by atoms with Crippen LogP contribution in [0.1, 0.15) is 104 Å². The molecule has 0 aliphatic carbocycles. The maximum absolute atomic E-state index is 5.77. The Kier molecular flexibility index (Phi) is 10.5. The number of hydrogen-bond acceptors (Lipinski definition) is 1. The minimum absolute atomic E-state index is 0.640. The molecule has 19 heavy (non-hydrogen) atoms. The third kappa shape index (κ3) is 9.49. The van der Waals surface area contributed by atoms with Crippen molar-refractivity contribution in [2.45, 2.75) is 116 Å². The van der Waals surface area contributed by atoms with E-state index < -0.39 is 0 Å². The van der Waals surface area contributed by atoms with Crippen LogP contribution in [0.2, 0.25) is 0 Å². The van der Waals surface area contributed by atoms with Gasteiger partial charge in [-0.05, 0) is 12.8 Å². The maximum atomic E-state index is 5.77. The van der Waals surface area contributed by atoms with Crippen LogP contribution >= 0.6 is 0 Å². The molecule has 2 unspecified atom stereocenters. The van der Waals surface area contributed by atoms with Gasteiger partial charge in [0, 0.05) is 0 Å². The van der Waals surface area contributed by atoms with Gasteiger partial charge in [-0.3, -0.25) is 0 Å². The van der Waals surface area contributed by atoms with Gasteiger partial charge in [0.15, 0.2) is 0 Å². The first-order valence-corrected chi connectivity index (χ1v) is 9.04. The molecular weight excluding hydrogens is 232 g/mol. The third-order valence-corrected chi connectivity index (χ3v) is 4.37. The van der Waals surface area contributed by atoms with Crippen LogP contribution in [-0.4, -0.2) is 12.2 Å². The molecule has 1 saturated heterocycles. The highest BCUT2D eigenvalue weighted by Crippen LogP contribution is 2.31. The van der Waals surface area contributed by atoms with Crippen LogP contribution in [0.15, 0.2) is 0 Å². The Morgan fingerprint density at radius 3 is 1.32 bits per heavy atom. The second-order valence-electron chi connectivity index (χ2n) is 6.33. The Bertz CT molecular complexity index is 190. The average Bonchev–Trinajstić information content (AvgIpc) is 3.16. The van der Waals surface area contributed by atoms with Gasteiger partial charge in [-0.25, -0.2) is 0 Å². The molecule has 1 heteroatoms. The van der Waals surface area contributed by atoms with Crippen molar-refractivity contribution in [2.24, 2.45) is 0 Å². The van der Waals surface area contributed by atoms with E-state index in [1.54, 1.807) is 0 Å². The summed E-state index contributed by atoms with van der Waals surface area (Å²) in [6.45, 7) is 4.56. The highest BCUT2D eigenvalue weighted by atomic mass is 16.6. The molecule has 0 amide bonds. The Labute approximate surface area is 121 Å². The Morgan fingerprint density at radius 1 is 0.526 bits per heavy atom. The van der Waals surface area contributed by atoms with E-state index in [-0.39, 0.29) is 0 Å². The predicted molar refractivity (Wildman–Crippen MR) is 84.6 cm³/mol. The van der Waals surface area contributed by atoms with E-state index in [2.05, 4.69) is 13.8 Å². The van der Waals surface area contributed by atoms with E-state index in [1.165, 1.54) is 89.9 Å². The van der Waals surface area contributed by atoms with Crippen molar-refractivity contribution in [3.63, 3.8) is 0 Å². The van der Waals surface area contributed by atoms with Crippen LogP contribution in [0.5, 0.6) is 0 Å². The molecule has 0 spiro atoms. The molecule has 0 aromatic heterocycles. The van der Waals surface area contributed by atoms with E-state index in [4.69, 9.17) is 4.74 Å². The van der Waals surface area contributed by atoms with Crippen LogP contribution in [0, 0.1) is 0 Å². The highest BCUT2D eigenvalue weighted by molar-refractivity contribution is 4.84. The topological polar surface area (TPSA) is 12.5 Å². The van der Waals surface area contributed by atoms with Crippen molar-refractivity contribution in [3.8, 4) is 0 Å². The van der Waals surface area contributed by atoms with Crippen molar-refractivity contribution in [1.82, 2.24) is 0 Å². The lowest BCUT2D eigenvalue weighted by atomic mass is 10.0. The van der Waals surface area contributed by atoms with Crippen LogP contribution < -0.4 is 0 Å². The van der Waals surface area contributed by atoms with Crippen molar-refractivity contribution >= 4 is 0 Å². The number of rotatable bonds is 14. The fourth-order valence-electron chi connectivity index (χ4n) is 2.94. The third-order valence-electron chi connectivity index (χ3n) is 4.37. The van der Waals surface area contributed by atoms with E-state index >= 15 is 0 Å². The van der Waals surface area contributed by atoms with Gasteiger partial charge in [0.25, 0.3) is 0 Å². The Morgan fingerprint density at radius 2 is 0.895 bits per heavy atom. The quantitative estimate of drug-likeness (QED) is 0.268. The molecule has 1 fully saturated rings. The number of epoxide rings is 1. The molecule has 114 valence electrons. The molecule has 1 nitrogen and oxygen atoms in total. The first-order chi connectivity index (χ1) is 9.38. The van der Waals surface area contributed by atoms with E-state index in [0.717, 1.165) is 0 Å². The second kappa shape index (κ2) is 11.8. The molecule has 1 aliphatic heterocycles. The van der Waals surface area contributed by atoms with Crippen LogP contribution in [0.25, 0.3) is 0 Å². The number of unbranched alkanes of at least 4 members (excludes halogenated alkanes) is 10. The summed E-state index contributed by atoms with van der Waals surface area (Å²) in [5.74, 6) is 0. The van der Waals surface area contributed by atoms with Gasteiger partial charge >= 0.3 is 0 Å². The van der Waals surface area contributed by atoms with Gasteiger partial charge < -0.3 is 4.74 Å². The SMILES string of the molecule is CCCCCCCCCC1OC1CCCCCCC. The highest BCUT2D eigenvalue weighted by Gasteiger charge is 2.36. The van der Waals surface area contributed by atoms with Gasteiger partial charge in [0.2, 0.25) is 0 Å². The summed E-state index contributed by atoms with van der Waals surface area (Å²) in [5.41, 5.74) is 0. The van der Waals surface area contributed by atoms with Gasteiger partial charge in [-0.15, -0.1) is 0 Å². The van der Waals surface area contributed by atoms with Gasteiger partial charge in [-0.1, -0.05) is 90.9 Å². The summed E-state index contributed by atoms with van der Waals surface area (Å²) in [6, 6.07) is 0. The first-order valence-electron chi connectivity index (χ1n) is 9.04. The monoisotopic (exact) mass is 268 g/mol. The van der Waals surface area contributed by atoms with E-state index in [0.29, 0.717) is 12.2 Å². The molecule has 0 bridgehead atoms. The zero-order chi connectivity index (χ0) is 13.8. The molecule has 1 rings (SSSR count). The Hall–Kier alpha value is -0.0400. The summed E-state index contributed by atoms with van der Waals surface area (Å²) in [7, 11) is 0. The minimum atomic E-state index is 0.640. The molecule has 1 heterocycles.